The van der Waals surface area contributed by atoms with Crippen molar-refractivity contribution in [2.24, 2.45) is 0 Å². The van der Waals surface area contributed by atoms with Gasteiger partial charge < -0.3 is 9.47 Å². The molecule has 15 heavy (non-hydrogen) atoms. The van der Waals surface area contributed by atoms with Crippen molar-refractivity contribution in [2.75, 3.05) is 14.2 Å². The molecule has 0 aromatic heterocycles. The second-order valence-electron chi connectivity index (χ2n) is 2.69. The molecule has 0 aliphatic carbocycles. The summed E-state index contributed by atoms with van der Waals surface area (Å²) >= 11 is 5.92. The fourth-order valence-corrected chi connectivity index (χ4v) is 1.33. The van der Waals surface area contributed by atoms with Crippen molar-refractivity contribution in [3.63, 3.8) is 0 Å². The second-order valence-corrected chi connectivity index (χ2v) is 3.09. The molecule has 0 unspecified atom stereocenters. The van der Waals surface area contributed by atoms with E-state index in [9.17, 15) is 0 Å². The van der Waals surface area contributed by atoms with Crippen LogP contribution in [0, 0.1) is 11.3 Å². The minimum atomic E-state index is 0.327. The van der Waals surface area contributed by atoms with Gasteiger partial charge in [0.1, 0.15) is 11.5 Å². The molecule has 0 saturated carbocycles. The smallest absolute Gasteiger partial charge is 0.127 e. The van der Waals surface area contributed by atoms with Gasteiger partial charge in [-0.3, -0.25) is 0 Å². The van der Waals surface area contributed by atoms with Gasteiger partial charge in [0.25, 0.3) is 0 Å². The molecule has 1 aromatic carbocycles. The molecule has 4 heteroatoms. The number of allylic oxidation sites excluding steroid dienone is 1. The first kappa shape index (κ1) is 11.4. The van der Waals surface area contributed by atoms with Gasteiger partial charge in [0, 0.05) is 11.6 Å². The summed E-state index contributed by atoms with van der Waals surface area (Å²) in [5, 5.41) is 8.83. The van der Waals surface area contributed by atoms with Crippen LogP contribution in [0.2, 0.25) is 0 Å². The van der Waals surface area contributed by atoms with E-state index in [2.05, 4.69) is 0 Å². The lowest BCUT2D eigenvalue weighted by Gasteiger charge is -2.08. The number of nitrogens with zero attached hydrogens (tertiary/aromatic N) is 1. The summed E-state index contributed by atoms with van der Waals surface area (Å²) in [6.45, 7) is 0. The zero-order valence-corrected chi connectivity index (χ0v) is 9.21. The molecule has 0 atom stereocenters. The van der Waals surface area contributed by atoms with Gasteiger partial charge in [0.2, 0.25) is 0 Å². The van der Waals surface area contributed by atoms with Crippen LogP contribution in [-0.4, -0.2) is 14.2 Å². The summed E-state index contributed by atoms with van der Waals surface area (Å²) in [5.41, 5.74) is 0.639. The lowest BCUT2D eigenvalue weighted by Crippen LogP contribution is -1.91. The van der Waals surface area contributed by atoms with Crippen molar-refractivity contribution in [3.8, 4) is 17.6 Å². The van der Waals surface area contributed by atoms with Gasteiger partial charge in [-0.25, -0.2) is 0 Å². The van der Waals surface area contributed by atoms with Crippen LogP contribution in [0.3, 0.4) is 0 Å². The number of halogens is 1. The Balaban J connectivity index is 3.24. The van der Waals surface area contributed by atoms with E-state index in [1.54, 1.807) is 32.4 Å². The summed E-state index contributed by atoms with van der Waals surface area (Å²) < 4.78 is 10.2. The van der Waals surface area contributed by atoms with Crippen molar-refractivity contribution in [3.05, 3.63) is 29.8 Å². The number of nitriles is 1. The Kier molecular flexibility index (Phi) is 4.02. The highest BCUT2D eigenvalue weighted by molar-refractivity contribution is 6.49. The number of hydrogen-bond donors (Lipinski definition) is 0. The Labute approximate surface area is 93.5 Å². The molecule has 0 heterocycles. The fraction of sp³-hybridized carbons (Fsp3) is 0.182. The van der Waals surface area contributed by atoms with Gasteiger partial charge in [-0.2, -0.15) is 5.26 Å². The van der Waals surface area contributed by atoms with E-state index in [0.717, 1.165) is 0 Å². The van der Waals surface area contributed by atoms with Crippen LogP contribution in [0.25, 0.3) is 5.03 Å². The molecule has 0 saturated heterocycles. The standard InChI is InChI=1S/C11H10ClNO2/c1-14-8-3-4-11(15-2)9(7-8)10(12)5-6-13/h3-5,7H,1-2H3. The van der Waals surface area contributed by atoms with Gasteiger partial charge in [-0.15, -0.1) is 0 Å². The predicted molar refractivity (Wildman–Crippen MR) is 59.0 cm³/mol. The number of hydrogen-bond acceptors (Lipinski definition) is 3. The highest BCUT2D eigenvalue weighted by atomic mass is 35.5. The molecule has 0 N–H and O–H groups in total. The minimum Gasteiger partial charge on any atom is -0.497 e. The van der Waals surface area contributed by atoms with Crippen molar-refractivity contribution < 1.29 is 9.47 Å². The van der Waals surface area contributed by atoms with E-state index >= 15 is 0 Å². The minimum absolute atomic E-state index is 0.327. The van der Waals surface area contributed by atoms with Gasteiger partial charge in [-0.1, -0.05) is 11.6 Å². The van der Waals surface area contributed by atoms with Crippen LogP contribution in [0.1, 0.15) is 5.56 Å². The Bertz CT molecular complexity index is 421. The van der Waals surface area contributed by atoms with Crippen LogP contribution in [0.4, 0.5) is 0 Å². The highest BCUT2D eigenvalue weighted by Crippen LogP contribution is 2.31. The van der Waals surface area contributed by atoms with Crippen LogP contribution in [0.5, 0.6) is 11.5 Å². The van der Waals surface area contributed by atoms with E-state index in [4.69, 9.17) is 26.3 Å². The lowest BCUT2D eigenvalue weighted by molar-refractivity contribution is 0.402. The third-order valence-electron chi connectivity index (χ3n) is 1.86. The molecule has 0 amide bonds. The number of rotatable bonds is 3. The average Bonchev–Trinajstić information content (AvgIpc) is 2.28. The first-order chi connectivity index (χ1) is 7.22. The van der Waals surface area contributed by atoms with Crippen molar-refractivity contribution in [1.82, 2.24) is 0 Å². The summed E-state index contributed by atoms with van der Waals surface area (Å²) in [6.07, 6.45) is 1.25. The second kappa shape index (κ2) is 5.28. The predicted octanol–water partition coefficient (Wildman–Crippen LogP) is 2.81. The largest absolute Gasteiger partial charge is 0.497 e. The SMILES string of the molecule is COc1ccc(OC)c(C(Cl)=CC#N)c1. The maximum absolute atomic E-state index is 8.51. The normalized spacial score (nSPS) is 10.7. The molecule has 78 valence electrons. The summed E-state index contributed by atoms with van der Waals surface area (Å²) in [6, 6.07) is 7.08. The molecule has 0 aliphatic rings. The first-order valence-corrected chi connectivity index (χ1v) is 4.58. The zero-order chi connectivity index (χ0) is 11.3. The van der Waals surface area contributed by atoms with Crippen molar-refractivity contribution >= 4 is 16.6 Å². The topological polar surface area (TPSA) is 42.2 Å². The summed E-state index contributed by atoms with van der Waals surface area (Å²) in [5.74, 6) is 1.27. The molecule has 0 aliphatic heterocycles. The van der Waals surface area contributed by atoms with Gasteiger partial charge in [0.15, 0.2) is 0 Å². The van der Waals surface area contributed by atoms with Crippen molar-refractivity contribution in [1.29, 1.82) is 5.26 Å². The Morgan fingerprint density at radius 2 is 2.13 bits per heavy atom. The van der Waals surface area contributed by atoms with Gasteiger partial charge in [0.05, 0.1) is 25.3 Å². The third-order valence-corrected chi connectivity index (χ3v) is 2.17. The van der Waals surface area contributed by atoms with E-state index < -0.39 is 0 Å². The average molecular weight is 224 g/mol. The van der Waals surface area contributed by atoms with Gasteiger partial charge in [-0.05, 0) is 18.2 Å². The van der Waals surface area contributed by atoms with E-state index in [1.165, 1.54) is 6.08 Å². The molecule has 3 nitrogen and oxygen atoms in total. The van der Waals surface area contributed by atoms with E-state index in [1.807, 2.05) is 6.07 Å². The zero-order valence-electron chi connectivity index (χ0n) is 8.45. The number of ether oxygens (including phenoxy) is 2. The molecule has 0 radical (unpaired) electrons. The molecule has 0 spiro atoms. The van der Waals surface area contributed by atoms with Gasteiger partial charge >= 0.3 is 0 Å². The Hall–Kier alpha value is -1.66. The highest BCUT2D eigenvalue weighted by Gasteiger charge is 2.07. The van der Waals surface area contributed by atoms with Crippen molar-refractivity contribution in [2.45, 2.75) is 0 Å². The van der Waals surface area contributed by atoms with Crippen LogP contribution in [0.15, 0.2) is 24.3 Å². The maximum Gasteiger partial charge on any atom is 0.127 e. The molecule has 1 aromatic rings. The van der Waals surface area contributed by atoms with Crippen LogP contribution >= 0.6 is 11.6 Å². The van der Waals surface area contributed by atoms with Crippen LogP contribution < -0.4 is 9.47 Å². The third kappa shape index (κ3) is 2.64. The van der Waals surface area contributed by atoms with E-state index in [-0.39, 0.29) is 0 Å². The molecule has 1 rings (SSSR count). The Morgan fingerprint density at radius 1 is 1.40 bits per heavy atom. The summed E-state index contributed by atoms with van der Waals surface area (Å²) in [7, 11) is 3.11. The Morgan fingerprint density at radius 3 is 2.67 bits per heavy atom. The first-order valence-electron chi connectivity index (χ1n) is 4.20. The van der Waals surface area contributed by atoms with E-state index in [0.29, 0.717) is 22.1 Å². The lowest BCUT2D eigenvalue weighted by atomic mass is 10.1. The van der Waals surface area contributed by atoms with Crippen LogP contribution in [-0.2, 0) is 0 Å². The maximum atomic E-state index is 8.51. The number of methoxy groups -OCH3 is 2. The number of benzene rings is 1. The monoisotopic (exact) mass is 223 g/mol. The molecular formula is C11H10ClNO2. The quantitative estimate of drug-likeness (QED) is 0.740. The summed E-state index contributed by atoms with van der Waals surface area (Å²) in [4.78, 5) is 0. The molecular weight excluding hydrogens is 214 g/mol. The fourth-order valence-electron chi connectivity index (χ4n) is 1.14. The molecule has 0 bridgehead atoms. The molecule has 0 fully saturated rings.